The van der Waals surface area contributed by atoms with Gasteiger partial charge in [0.15, 0.2) is 0 Å². The van der Waals surface area contributed by atoms with Crippen molar-refractivity contribution in [3.8, 4) is 0 Å². The maximum Gasteiger partial charge on any atom is 0.326 e. The first kappa shape index (κ1) is 15.3. The summed E-state index contributed by atoms with van der Waals surface area (Å²) in [6, 6.07) is 6.27. The molecule has 21 heavy (non-hydrogen) atoms. The smallest absolute Gasteiger partial charge is 0.326 e. The Balaban J connectivity index is 2.09. The summed E-state index contributed by atoms with van der Waals surface area (Å²) in [7, 11) is 1.52. The predicted molar refractivity (Wildman–Crippen MR) is 78.4 cm³/mol. The van der Waals surface area contributed by atoms with Gasteiger partial charge in [-0.1, -0.05) is 19.1 Å². The van der Waals surface area contributed by atoms with Crippen LogP contribution in [-0.2, 0) is 16.0 Å². The van der Waals surface area contributed by atoms with Crippen molar-refractivity contribution >= 4 is 17.7 Å². The standard InChI is InChI=1S/C15H20N2O4/c1-3-10-5-4-6-11(7-10)16-15(20)17-9-12(21-2)8-13(17)14(18)19/h4-7,12-13H,3,8-9H2,1-2H3,(H,16,20)(H,18,19). The maximum absolute atomic E-state index is 12.3. The number of nitrogens with zero attached hydrogens (tertiary/aromatic N) is 1. The van der Waals surface area contributed by atoms with E-state index in [-0.39, 0.29) is 12.6 Å². The summed E-state index contributed by atoms with van der Waals surface area (Å²) < 4.78 is 5.17. The number of hydrogen-bond donors (Lipinski definition) is 2. The molecule has 6 nitrogen and oxygen atoms in total. The van der Waals surface area contributed by atoms with Crippen molar-refractivity contribution in [1.82, 2.24) is 4.90 Å². The van der Waals surface area contributed by atoms with Gasteiger partial charge in [-0.25, -0.2) is 9.59 Å². The van der Waals surface area contributed by atoms with E-state index < -0.39 is 18.0 Å². The quantitative estimate of drug-likeness (QED) is 0.889. The maximum atomic E-state index is 12.3. The summed E-state index contributed by atoms with van der Waals surface area (Å²) in [6.07, 6.45) is 0.948. The molecule has 0 aliphatic carbocycles. The highest BCUT2D eigenvalue weighted by Crippen LogP contribution is 2.22. The predicted octanol–water partition coefficient (Wildman–Crippen LogP) is 1.95. The van der Waals surface area contributed by atoms with Gasteiger partial charge in [0.2, 0.25) is 0 Å². The number of carbonyl (C=O) groups is 2. The molecule has 1 aliphatic heterocycles. The molecule has 0 bridgehead atoms. The van der Waals surface area contributed by atoms with E-state index in [1.165, 1.54) is 12.0 Å². The third-order valence-electron chi connectivity index (χ3n) is 3.73. The Labute approximate surface area is 123 Å². The molecule has 6 heteroatoms. The molecule has 2 amide bonds. The van der Waals surface area contributed by atoms with E-state index in [1.54, 1.807) is 6.07 Å². The van der Waals surface area contributed by atoms with Crippen LogP contribution in [0.5, 0.6) is 0 Å². The molecule has 2 rings (SSSR count). The van der Waals surface area contributed by atoms with Crippen molar-refractivity contribution in [2.75, 3.05) is 19.0 Å². The van der Waals surface area contributed by atoms with Crippen LogP contribution in [0.3, 0.4) is 0 Å². The number of aliphatic carboxylic acids is 1. The van der Waals surface area contributed by atoms with Gasteiger partial charge in [-0.2, -0.15) is 0 Å². The highest BCUT2D eigenvalue weighted by Gasteiger charge is 2.39. The fourth-order valence-corrected chi connectivity index (χ4v) is 2.49. The summed E-state index contributed by atoms with van der Waals surface area (Å²) in [5.41, 5.74) is 1.78. The normalized spacial score (nSPS) is 21.3. The van der Waals surface area contributed by atoms with Gasteiger partial charge in [-0.05, 0) is 24.1 Å². The Bertz CT molecular complexity index is 532. The number of benzene rings is 1. The number of carboxylic acid groups (broad SMARTS) is 1. The zero-order chi connectivity index (χ0) is 15.4. The molecule has 1 aromatic rings. The zero-order valence-corrected chi connectivity index (χ0v) is 12.2. The molecule has 114 valence electrons. The fraction of sp³-hybridized carbons (Fsp3) is 0.467. The first-order chi connectivity index (χ1) is 10.0. The van der Waals surface area contributed by atoms with E-state index in [0.717, 1.165) is 12.0 Å². The second-order valence-corrected chi connectivity index (χ2v) is 5.08. The molecule has 0 aromatic heterocycles. The molecule has 1 saturated heterocycles. The molecule has 0 spiro atoms. The average molecular weight is 292 g/mol. The fourth-order valence-electron chi connectivity index (χ4n) is 2.49. The van der Waals surface area contributed by atoms with Gasteiger partial charge in [-0.3, -0.25) is 0 Å². The number of ether oxygens (including phenoxy) is 1. The SMILES string of the molecule is CCc1cccc(NC(=O)N2CC(OC)CC2C(=O)O)c1. The van der Waals surface area contributed by atoms with Gasteiger partial charge in [0.1, 0.15) is 6.04 Å². The van der Waals surface area contributed by atoms with Crippen LogP contribution in [0.2, 0.25) is 0 Å². The number of urea groups is 1. The van der Waals surface area contributed by atoms with Crippen molar-refractivity contribution in [2.24, 2.45) is 0 Å². The zero-order valence-electron chi connectivity index (χ0n) is 12.2. The van der Waals surface area contributed by atoms with E-state index in [4.69, 9.17) is 4.74 Å². The molecule has 0 radical (unpaired) electrons. The van der Waals surface area contributed by atoms with Crippen LogP contribution < -0.4 is 5.32 Å². The van der Waals surface area contributed by atoms with Crippen LogP contribution in [0.15, 0.2) is 24.3 Å². The number of amides is 2. The van der Waals surface area contributed by atoms with Crippen molar-refractivity contribution in [2.45, 2.75) is 31.9 Å². The summed E-state index contributed by atoms with van der Waals surface area (Å²) in [5.74, 6) is -1.01. The van der Waals surface area contributed by atoms with Crippen LogP contribution in [0.1, 0.15) is 18.9 Å². The lowest BCUT2D eigenvalue weighted by Gasteiger charge is -2.21. The molecule has 1 aliphatic rings. The Morgan fingerprint density at radius 3 is 2.86 bits per heavy atom. The average Bonchev–Trinajstić information content (AvgIpc) is 2.92. The Hall–Kier alpha value is -2.08. The van der Waals surface area contributed by atoms with Crippen LogP contribution in [0, 0.1) is 0 Å². The minimum atomic E-state index is -1.01. The number of anilines is 1. The van der Waals surface area contributed by atoms with Crippen molar-refractivity contribution in [3.63, 3.8) is 0 Å². The van der Waals surface area contributed by atoms with E-state index in [2.05, 4.69) is 5.32 Å². The Morgan fingerprint density at radius 2 is 2.24 bits per heavy atom. The Kier molecular flexibility index (Phi) is 4.80. The Morgan fingerprint density at radius 1 is 1.48 bits per heavy atom. The molecular formula is C15H20N2O4. The molecule has 1 fully saturated rings. The number of carbonyl (C=O) groups excluding carboxylic acids is 1. The lowest BCUT2D eigenvalue weighted by Crippen LogP contribution is -2.43. The highest BCUT2D eigenvalue weighted by atomic mass is 16.5. The van der Waals surface area contributed by atoms with Gasteiger partial charge in [0.25, 0.3) is 0 Å². The van der Waals surface area contributed by atoms with Crippen LogP contribution >= 0.6 is 0 Å². The van der Waals surface area contributed by atoms with Crippen LogP contribution in [0.4, 0.5) is 10.5 Å². The molecule has 2 unspecified atom stereocenters. The number of carboxylic acids is 1. The number of aryl methyl sites for hydroxylation is 1. The number of likely N-dealkylation sites (tertiary alicyclic amines) is 1. The lowest BCUT2D eigenvalue weighted by molar-refractivity contribution is -0.141. The highest BCUT2D eigenvalue weighted by molar-refractivity contribution is 5.92. The third-order valence-corrected chi connectivity index (χ3v) is 3.73. The van der Waals surface area contributed by atoms with E-state index in [9.17, 15) is 14.7 Å². The monoisotopic (exact) mass is 292 g/mol. The minimum Gasteiger partial charge on any atom is -0.480 e. The van der Waals surface area contributed by atoms with E-state index >= 15 is 0 Å². The van der Waals surface area contributed by atoms with Crippen LogP contribution in [-0.4, -0.2) is 47.8 Å². The van der Waals surface area contributed by atoms with Gasteiger partial charge in [0, 0.05) is 25.8 Å². The van der Waals surface area contributed by atoms with Crippen molar-refractivity contribution in [3.05, 3.63) is 29.8 Å². The van der Waals surface area contributed by atoms with E-state index in [1.807, 2.05) is 25.1 Å². The first-order valence-corrected chi connectivity index (χ1v) is 6.97. The third kappa shape index (κ3) is 3.52. The minimum absolute atomic E-state index is 0.237. The second-order valence-electron chi connectivity index (χ2n) is 5.08. The largest absolute Gasteiger partial charge is 0.480 e. The summed E-state index contributed by atoms with van der Waals surface area (Å²) in [6.45, 7) is 2.32. The van der Waals surface area contributed by atoms with Gasteiger partial charge in [-0.15, -0.1) is 0 Å². The number of methoxy groups -OCH3 is 1. The van der Waals surface area contributed by atoms with Gasteiger partial charge < -0.3 is 20.1 Å². The molecular weight excluding hydrogens is 272 g/mol. The topological polar surface area (TPSA) is 78.9 Å². The molecule has 0 saturated carbocycles. The number of nitrogens with one attached hydrogen (secondary N) is 1. The number of rotatable bonds is 4. The molecule has 1 aromatic carbocycles. The van der Waals surface area contributed by atoms with Crippen molar-refractivity contribution < 1.29 is 19.4 Å². The summed E-state index contributed by atoms with van der Waals surface area (Å²) in [4.78, 5) is 24.9. The van der Waals surface area contributed by atoms with Gasteiger partial charge in [0.05, 0.1) is 6.10 Å². The second kappa shape index (κ2) is 6.58. The molecule has 1 heterocycles. The molecule has 2 N–H and O–H groups in total. The van der Waals surface area contributed by atoms with Crippen LogP contribution in [0.25, 0.3) is 0 Å². The number of hydrogen-bond acceptors (Lipinski definition) is 3. The van der Waals surface area contributed by atoms with Gasteiger partial charge >= 0.3 is 12.0 Å². The molecule has 2 atom stereocenters. The van der Waals surface area contributed by atoms with Crippen molar-refractivity contribution in [1.29, 1.82) is 0 Å². The summed E-state index contributed by atoms with van der Waals surface area (Å²) >= 11 is 0. The summed E-state index contributed by atoms with van der Waals surface area (Å²) in [5, 5.41) is 12.0. The lowest BCUT2D eigenvalue weighted by atomic mass is 10.1. The first-order valence-electron chi connectivity index (χ1n) is 6.97. The van der Waals surface area contributed by atoms with E-state index in [0.29, 0.717) is 12.1 Å².